The van der Waals surface area contributed by atoms with Crippen molar-refractivity contribution in [3.05, 3.63) is 23.4 Å². The van der Waals surface area contributed by atoms with Gasteiger partial charge in [0.25, 0.3) is 0 Å². The summed E-state index contributed by atoms with van der Waals surface area (Å²) in [5.74, 6) is -0.0690. The van der Waals surface area contributed by atoms with Crippen LogP contribution in [0.2, 0.25) is 0 Å². The molecule has 98 valence electrons. The quantitative estimate of drug-likeness (QED) is 0.844. The highest BCUT2D eigenvalue weighted by Crippen LogP contribution is 2.19. The lowest BCUT2D eigenvalue weighted by Gasteiger charge is -2.32. The monoisotopic (exact) mass is 249 g/mol. The van der Waals surface area contributed by atoms with E-state index in [1.807, 2.05) is 7.05 Å². The third-order valence-corrected chi connectivity index (χ3v) is 3.52. The van der Waals surface area contributed by atoms with E-state index >= 15 is 0 Å². The van der Waals surface area contributed by atoms with E-state index in [4.69, 9.17) is 5.11 Å². The van der Waals surface area contributed by atoms with Crippen LogP contribution in [0.4, 0.5) is 5.82 Å². The molecule has 1 fully saturated rings. The number of aryl methyl sites for hydroxylation is 1. The molecule has 1 saturated heterocycles. The van der Waals surface area contributed by atoms with Gasteiger partial charge >= 0.3 is 5.97 Å². The van der Waals surface area contributed by atoms with Gasteiger partial charge in [-0.15, -0.1) is 0 Å². The smallest absolute Gasteiger partial charge is 0.337 e. The van der Waals surface area contributed by atoms with Crippen LogP contribution in [0.1, 0.15) is 28.9 Å². The predicted molar refractivity (Wildman–Crippen MR) is 70.2 cm³/mol. The Kier molecular flexibility index (Phi) is 3.81. The lowest BCUT2D eigenvalue weighted by molar-refractivity contribution is 0.0695. The molecule has 0 atom stereocenters. The van der Waals surface area contributed by atoms with Crippen molar-refractivity contribution in [2.75, 3.05) is 25.0 Å². The van der Waals surface area contributed by atoms with Gasteiger partial charge in [0.2, 0.25) is 0 Å². The predicted octanol–water partition coefficient (Wildman–Crippen LogP) is 1.28. The van der Waals surface area contributed by atoms with Gasteiger partial charge < -0.3 is 15.3 Å². The van der Waals surface area contributed by atoms with Crippen LogP contribution >= 0.6 is 0 Å². The van der Waals surface area contributed by atoms with E-state index in [0.29, 0.717) is 11.7 Å². The molecule has 1 aliphatic heterocycles. The van der Waals surface area contributed by atoms with Gasteiger partial charge in [-0.1, -0.05) is 0 Å². The van der Waals surface area contributed by atoms with Crippen LogP contribution in [0.5, 0.6) is 0 Å². The molecule has 1 aromatic rings. The zero-order valence-corrected chi connectivity index (χ0v) is 10.8. The van der Waals surface area contributed by atoms with Crippen molar-refractivity contribution in [2.45, 2.75) is 25.8 Å². The van der Waals surface area contributed by atoms with Gasteiger partial charge in [0, 0.05) is 13.1 Å². The molecule has 2 N–H and O–H groups in total. The molecule has 0 aliphatic carbocycles. The Morgan fingerprint density at radius 2 is 2.11 bits per heavy atom. The average molecular weight is 249 g/mol. The van der Waals surface area contributed by atoms with E-state index in [1.54, 1.807) is 19.1 Å². The van der Waals surface area contributed by atoms with E-state index < -0.39 is 5.97 Å². The van der Waals surface area contributed by atoms with Crippen molar-refractivity contribution in [2.24, 2.45) is 0 Å². The van der Waals surface area contributed by atoms with Gasteiger partial charge in [0.05, 0.1) is 11.3 Å². The van der Waals surface area contributed by atoms with Gasteiger partial charge in [0.1, 0.15) is 5.82 Å². The number of pyridine rings is 1. The van der Waals surface area contributed by atoms with Crippen molar-refractivity contribution < 1.29 is 9.90 Å². The molecule has 0 aromatic carbocycles. The second-order valence-corrected chi connectivity index (χ2v) is 4.70. The maximum Gasteiger partial charge on any atom is 0.337 e. The molecule has 1 aliphatic rings. The molecule has 0 radical (unpaired) electrons. The third kappa shape index (κ3) is 2.61. The Morgan fingerprint density at radius 3 is 2.67 bits per heavy atom. The summed E-state index contributed by atoms with van der Waals surface area (Å²) in [5.41, 5.74) is 0.846. The molecule has 0 saturated carbocycles. The molecule has 0 unspecified atom stereocenters. The highest BCUT2D eigenvalue weighted by atomic mass is 16.4. The number of rotatable bonds is 3. The highest BCUT2D eigenvalue weighted by Gasteiger charge is 2.19. The number of nitrogens with zero attached hydrogens (tertiary/aromatic N) is 2. The van der Waals surface area contributed by atoms with Crippen molar-refractivity contribution in [1.82, 2.24) is 10.3 Å². The van der Waals surface area contributed by atoms with Crippen LogP contribution in [-0.4, -0.2) is 42.2 Å². The van der Waals surface area contributed by atoms with Gasteiger partial charge in [0.15, 0.2) is 0 Å². The van der Waals surface area contributed by atoms with E-state index in [-0.39, 0.29) is 5.56 Å². The van der Waals surface area contributed by atoms with Crippen LogP contribution in [-0.2, 0) is 0 Å². The SMILES string of the molecule is Cc1nc(N(C)C2CCNCC2)ccc1C(=O)O. The summed E-state index contributed by atoms with van der Waals surface area (Å²) < 4.78 is 0. The second kappa shape index (κ2) is 5.35. The fourth-order valence-corrected chi connectivity index (χ4v) is 2.35. The average Bonchev–Trinajstić information content (AvgIpc) is 2.38. The van der Waals surface area contributed by atoms with Crippen LogP contribution in [0.15, 0.2) is 12.1 Å². The Labute approximate surface area is 107 Å². The van der Waals surface area contributed by atoms with Crippen LogP contribution in [0.25, 0.3) is 0 Å². The molecule has 2 heterocycles. The van der Waals surface area contributed by atoms with Gasteiger partial charge in [-0.2, -0.15) is 0 Å². The summed E-state index contributed by atoms with van der Waals surface area (Å²) in [5, 5.41) is 12.3. The number of aromatic carboxylic acids is 1. The van der Waals surface area contributed by atoms with Crippen LogP contribution in [0.3, 0.4) is 0 Å². The zero-order chi connectivity index (χ0) is 13.1. The molecule has 0 spiro atoms. The summed E-state index contributed by atoms with van der Waals surface area (Å²) in [6.07, 6.45) is 2.19. The third-order valence-electron chi connectivity index (χ3n) is 3.52. The van der Waals surface area contributed by atoms with Crippen molar-refractivity contribution in [3.8, 4) is 0 Å². The van der Waals surface area contributed by atoms with E-state index in [0.717, 1.165) is 31.7 Å². The number of carboxylic acids is 1. The number of piperidine rings is 1. The molecular formula is C13H19N3O2. The van der Waals surface area contributed by atoms with Crippen molar-refractivity contribution in [3.63, 3.8) is 0 Å². The van der Waals surface area contributed by atoms with Gasteiger partial charge in [-0.05, 0) is 45.0 Å². The molecule has 1 aromatic heterocycles. The Balaban J connectivity index is 2.17. The first-order chi connectivity index (χ1) is 8.59. The number of hydrogen-bond donors (Lipinski definition) is 2. The fraction of sp³-hybridized carbons (Fsp3) is 0.538. The Bertz CT molecular complexity index is 442. The number of nitrogens with one attached hydrogen (secondary N) is 1. The fourth-order valence-electron chi connectivity index (χ4n) is 2.35. The van der Waals surface area contributed by atoms with E-state index in [1.165, 1.54) is 0 Å². The summed E-state index contributed by atoms with van der Waals surface area (Å²) >= 11 is 0. The minimum atomic E-state index is -0.920. The number of hydrogen-bond acceptors (Lipinski definition) is 4. The second-order valence-electron chi connectivity index (χ2n) is 4.70. The Hall–Kier alpha value is -1.62. The minimum Gasteiger partial charge on any atom is -0.478 e. The zero-order valence-electron chi connectivity index (χ0n) is 10.8. The summed E-state index contributed by atoms with van der Waals surface area (Å²) in [7, 11) is 2.03. The number of carbonyl (C=O) groups is 1. The van der Waals surface area contributed by atoms with Crippen molar-refractivity contribution >= 4 is 11.8 Å². The number of anilines is 1. The Morgan fingerprint density at radius 1 is 1.44 bits per heavy atom. The lowest BCUT2D eigenvalue weighted by atomic mass is 10.1. The van der Waals surface area contributed by atoms with E-state index in [2.05, 4.69) is 15.2 Å². The maximum atomic E-state index is 10.9. The first kappa shape index (κ1) is 12.8. The largest absolute Gasteiger partial charge is 0.478 e. The summed E-state index contributed by atoms with van der Waals surface area (Å²) in [6.45, 7) is 3.80. The van der Waals surface area contributed by atoms with Gasteiger partial charge in [-0.25, -0.2) is 9.78 Å². The van der Waals surface area contributed by atoms with Gasteiger partial charge in [-0.3, -0.25) is 0 Å². The summed E-state index contributed by atoms with van der Waals surface area (Å²) in [6, 6.07) is 3.91. The number of aromatic nitrogens is 1. The lowest BCUT2D eigenvalue weighted by Crippen LogP contribution is -2.41. The van der Waals surface area contributed by atoms with Crippen LogP contribution < -0.4 is 10.2 Å². The number of carboxylic acid groups (broad SMARTS) is 1. The molecule has 5 nitrogen and oxygen atoms in total. The first-order valence-corrected chi connectivity index (χ1v) is 6.24. The molecule has 18 heavy (non-hydrogen) atoms. The molecule has 0 bridgehead atoms. The van der Waals surface area contributed by atoms with Crippen molar-refractivity contribution in [1.29, 1.82) is 0 Å². The maximum absolute atomic E-state index is 10.9. The molecule has 0 amide bonds. The van der Waals surface area contributed by atoms with Crippen LogP contribution in [0, 0.1) is 6.92 Å². The molecular weight excluding hydrogens is 230 g/mol. The molecule has 2 rings (SSSR count). The van der Waals surface area contributed by atoms with E-state index in [9.17, 15) is 4.79 Å². The normalized spacial score (nSPS) is 16.6. The first-order valence-electron chi connectivity index (χ1n) is 6.24. The minimum absolute atomic E-state index is 0.275. The molecule has 5 heteroatoms. The highest BCUT2D eigenvalue weighted by molar-refractivity contribution is 5.89. The standard InChI is InChI=1S/C13H19N3O2/c1-9-11(13(17)18)3-4-12(15-9)16(2)10-5-7-14-8-6-10/h3-4,10,14H,5-8H2,1-2H3,(H,17,18). The topological polar surface area (TPSA) is 65.5 Å². The summed E-state index contributed by atoms with van der Waals surface area (Å²) in [4.78, 5) is 17.5.